The summed E-state index contributed by atoms with van der Waals surface area (Å²) in [7, 11) is -3.57. The van der Waals surface area contributed by atoms with E-state index in [1.54, 1.807) is 12.1 Å². The van der Waals surface area contributed by atoms with Crippen molar-refractivity contribution in [3.8, 4) is 0 Å². The second-order valence-corrected chi connectivity index (χ2v) is 9.69. The number of carbonyl (C=O) groups excluding carboxylic acids is 1. The summed E-state index contributed by atoms with van der Waals surface area (Å²) < 4.78 is 27.4. The third-order valence-corrected chi connectivity index (χ3v) is 7.52. The molecule has 2 fully saturated rings. The lowest BCUT2D eigenvalue weighted by molar-refractivity contribution is -0.127. The lowest BCUT2D eigenvalue weighted by atomic mass is 9.95. The molecule has 0 atom stereocenters. The number of nitrogens with one attached hydrogen (secondary N) is 1. The van der Waals surface area contributed by atoms with Gasteiger partial charge in [0.1, 0.15) is 11.0 Å². The third kappa shape index (κ3) is 4.53. The Hall–Kier alpha value is -2.20. The fourth-order valence-corrected chi connectivity index (χ4v) is 5.56. The van der Waals surface area contributed by atoms with Crippen LogP contribution in [-0.4, -0.2) is 59.5 Å². The highest BCUT2D eigenvalue weighted by atomic mass is 32.2. The number of hydrogen-bond donors (Lipinski definition) is 1. The van der Waals surface area contributed by atoms with Crippen LogP contribution in [0, 0.1) is 0 Å². The van der Waals surface area contributed by atoms with Crippen LogP contribution in [0.1, 0.15) is 51.4 Å². The average Bonchev–Trinajstić information content (AvgIpc) is 3.16. The number of rotatable bonds is 6. The molecule has 4 rings (SSSR count). The average molecular weight is 422 g/mol. The highest BCUT2D eigenvalue weighted by molar-refractivity contribution is 7.89. The quantitative estimate of drug-likeness (QED) is 0.757. The van der Waals surface area contributed by atoms with Crippen molar-refractivity contribution in [2.45, 2.75) is 62.3 Å². The van der Waals surface area contributed by atoms with E-state index < -0.39 is 10.0 Å². The van der Waals surface area contributed by atoms with Gasteiger partial charge in [0.2, 0.25) is 10.0 Å². The van der Waals surface area contributed by atoms with E-state index in [2.05, 4.69) is 15.6 Å². The van der Waals surface area contributed by atoms with Gasteiger partial charge < -0.3 is 10.2 Å². The number of hydrogen-bond acceptors (Lipinski definition) is 6. The van der Waals surface area contributed by atoms with Crippen LogP contribution in [0.25, 0.3) is 11.0 Å². The largest absolute Gasteiger partial charge is 0.385 e. The molecule has 2 heterocycles. The lowest BCUT2D eigenvalue weighted by Gasteiger charge is -2.25. The van der Waals surface area contributed by atoms with E-state index in [0.29, 0.717) is 24.1 Å². The molecule has 158 valence electrons. The summed E-state index contributed by atoms with van der Waals surface area (Å²) in [6, 6.07) is 4.87. The molecular formula is C19H27N5O4S. The minimum absolute atomic E-state index is 0.186. The van der Waals surface area contributed by atoms with Crippen molar-refractivity contribution < 1.29 is 18.0 Å². The van der Waals surface area contributed by atoms with Crippen LogP contribution in [0.3, 0.4) is 0 Å². The first-order chi connectivity index (χ1) is 14.0. The minimum Gasteiger partial charge on any atom is -0.385 e. The molecule has 1 saturated carbocycles. The van der Waals surface area contributed by atoms with Crippen LogP contribution >= 0.6 is 0 Å². The molecule has 1 aliphatic carbocycles. The van der Waals surface area contributed by atoms with E-state index in [1.165, 1.54) is 16.8 Å². The van der Waals surface area contributed by atoms with Gasteiger partial charge in [-0.05, 0) is 49.1 Å². The van der Waals surface area contributed by atoms with Crippen molar-refractivity contribution >= 4 is 27.0 Å². The van der Waals surface area contributed by atoms with E-state index in [0.717, 1.165) is 49.8 Å². The van der Waals surface area contributed by atoms with Crippen LogP contribution in [0.5, 0.6) is 0 Å². The number of amides is 1. The first-order valence-electron chi connectivity index (χ1n) is 10.3. The molecule has 0 unspecified atom stereocenters. The third-order valence-electron chi connectivity index (χ3n) is 5.63. The molecule has 0 bridgehead atoms. The summed E-state index contributed by atoms with van der Waals surface area (Å²) in [5.41, 5.74) is 0.934. The Bertz CT molecular complexity index is 962. The maximum Gasteiger partial charge on any atom is 0.260 e. The van der Waals surface area contributed by atoms with Gasteiger partial charge in [-0.2, -0.15) is 4.31 Å². The van der Waals surface area contributed by atoms with Gasteiger partial charge in [-0.25, -0.2) is 8.42 Å². The van der Waals surface area contributed by atoms with Crippen LogP contribution in [0.4, 0.5) is 0 Å². The maximum absolute atomic E-state index is 12.9. The number of piperidine rings is 1. The number of sulfonamides is 1. The number of aromatic nitrogens is 3. The Morgan fingerprint density at radius 3 is 2.59 bits per heavy atom. The minimum atomic E-state index is -3.57. The van der Waals surface area contributed by atoms with Gasteiger partial charge in [0.15, 0.2) is 6.61 Å². The van der Waals surface area contributed by atoms with E-state index >= 15 is 0 Å². The Labute approximate surface area is 170 Å². The standard InChI is InChI=1S/C19H27N5O4S/c25-19(20-15-7-3-1-4-8-15)14-28-24-18-13-16(9-10-17(18)21-22-24)29(26,27)23-11-5-2-6-12-23/h9-10,13,15H,1-8,11-12,14H2,(H,20,25). The molecule has 29 heavy (non-hydrogen) atoms. The predicted molar refractivity (Wildman–Crippen MR) is 107 cm³/mol. The fraction of sp³-hybridized carbons (Fsp3) is 0.632. The van der Waals surface area contributed by atoms with E-state index in [-0.39, 0.29) is 23.5 Å². The Morgan fingerprint density at radius 1 is 1.10 bits per heavy atom. The first kappa shape index (κ1) is 20.1. The summed E-state index contributed by atoms with van der Waals surface area (Å²) in [6.07, 6.45) is 8.28. The SMILES string of the molecule is O=C(COn1nnc2ccc(S(=O)(=O)N3CCCCC3)cc21)NC1CCCCC1. The van der Waals surface area contributed by atoms with Gasteiger partial charge in [0.05, 0.1) is 4.90 Å². The smallest absolute Gasteiger partial charge is 0.260 e. The topological polar surface area (TPSA) is 106 Å². The maximum atomic E-state index is 12.9. The van der Waals surface area contributed by atoms with Crippen molar-refractivity contribution in [2.75, 3.05) is 19.7 Å². The Morgan fingerprint density at radius 2 is 1.83 bits per heavy atom. The highest BCUT2D eigenvalue weighted by Crippen LogP contribution is 2.23. The number of fused-ring (bicyclic) bond motifs is 1. The summed E-state index contributed by atoms with van der Waals surface area (Å²) in [5, 5.41) is 10.9. The van der Waals surface area contributed by atoms with Crippen molar-refractivity contribution in [3.63, 3.8) is 0 Å². The summed E-state index contributed by atoms with van der Waals surface area (Å²) >= 11 is 0. The van der Waals surface area contributed by atoms with Crippen molar-refractivity contribution in [1.82, 2.24) is 24.8 Å². The second-order valence-electron chi connectivity index (χ2n) is 7.75. The van der Waals surface area contributed by atoms with Crippen LogP contribution in [0.15, 0.2) is 23.1 Å². The monoisotopic (exact) mass is 421 g/mol. The molecule has 9 nitrogen and oxygen atoms in total. The molecule has 0 radical (unpaired) electrons. The summed E-state index contributed by atoms with van der Waals surface area (Å²) in [5.74, 6) is -0.211. The molecule has 1 aliphatic heterocycles. The Balaban J connectivity index is 1.46. The zero-order chi connectivity index (χ0) is 20.3. The summed E-state index contributed by atoms with van der Waals surface area (Å²) in [4.78, 5) is 19.0. The van der Waals surface area contributed by atoms with Gasteiger partial charge in [0.25, 0.3) is 5.91 Å². The van der Waals surface area contributed by atoms with Gasteiger partial charge in [-0.3, -0.25) is 4.79 Å². The van der Waals surface area contributed by atoms with Crippen molar-refractivity contribution in [3.05, 3.63) is 18.2 Å². The predicted octanol–water partition coefficient (Wildman–Crippen LogP) is 1.48. The number of carbonyl (C=O) groups is 1. The molecule has 1 saturated heterocycles. The van der Waals surface area contributed by atoms with E-state index in [4.69, 9.17) is 4.84 Å². The zero-order valence-corrected chi connectivity index (χ0v) is 17.2. The van der Waals surface area contributed by atoms with Crippen LogP contribution < -0.4 is 10.2 Å². The lowest BCUT2D eigenvalue weighted by Crippen LogP contribution is -2.40. The van der Waals surface area contributed by atoms with E-state index in [1.807, 2.05) is 0 Å². The Kier molecular flexibility index (Phi) is 6.00. The molecule has 0 spiro atoms. The molecule has 2 aromatic rings. The second kappa shape index (κ2) is 8.66. The van der Waals surface area contributed by atoms with Gasteiger partial charge in [-0.15, -0.1) is 5.10 Å². The molecule has 1 aromatic heterocycles. The van der Waals surface area contributed by atoms with Crippen LogP contribution in [-0.2, 0) is 14.8 Å². The molecule has 10 heteroatoms. The zero-order valence-electron chi connectivity index (χ0n) is 16.4. The van der Waals surface area contributed by atoms with Gasteiger partial charge in [-0.1, -0.05) is 30.5 Å². The van der Waals surface area contributed by atoms with Gasteiger partial charge >= 0.3 is 0 Å². The molecule has 2 aliphatic rings. The van der Waals surface area contributed by atoms with Crippen molar-refractivity contribution in [1.29, 1.82) is 0 Å². The molecule has 1 aromatic carbocycles. The van der Waals surface area contributed by atoms with E-state index in [9.17, 15) is 13.2 Å². The van der Waals surface area contributed by atoms with Gasteiger partial charge in [0, 0.05) is 19.1 Å². The highest BCUT2D eigenvalue weighted by Gasteiger charge is 2.27. The van der Waals surface area contributed by atoms with Crippen molar-refractivity contribution in [2.24, 2.45) is 0 Å². The molecular weight excluding hydrogens is 394 g/mol. The normalized spacial score (nSPS) is 19.3. The molecule has 1 N–H and O–H groups in total. The first-order valence-corrected chi connectivity index (χ1v) is 11.8. The fourth-order valence-electron chi connectivity index (χ4n) is 4.02. The number of benzene rings is 1. The summed E-state index contributed by atoms with van der Waals surface area (Å²) in [6.45, 7) is 0.878. The molecule has 1 amide bonds. The number of nitrogens with zero attached hydrogens (tertiary/aromatic N) is 4. The van der Waals surface area contributed by atoms with Crippen LogP contribution in [0.2, 0.25) is 0 Å².